The predicted octanol–water partition coefficient (Wildman–Crippen LogP) is 0.391. The number of rotatable bonds is 4. The summed E-state index contributed by atoms with van der Waals surface area (Å²) in [5, 5.41) is 25.0. The summed E-state index contributed by atoms with van der Waals surface area (Å²) in [6.07, 6.45) is 5.29. The van der Waals surface area contributed by atoms with Crippen LogP contribution < -0.4 is 0 Å². The number of likely N-dealkylation sites (tertiary alicyclic amines) is 1. The van der Waals surface area contributed by atoms with Gasteiger partial charge in [-0.25, -0.2) is 0 Å². The summed E-state index contributed by atoms with van der Waals surface area (Å²) in [6, 6.07) is 0. The SMILES string of the molecule is CC(C)Cn1cc(C(=O)N2CCC(O)(c3cn[nH]n3)C2)cn1. The van der Waals surface area contributed by atoms with Gasteiger partial charge in [-0.15, -0.1) is 0 Å². The van der Waals surface area contributed by atoms with E-state index >= 15 is 0 Å². The number of aromatic nitrogens is 5. The zero-order valence-electron chi connectivity index (χ0n) is 12.7. The third-order valence-electron chi connectivity index (χ3n) is 3.86. The first-order valence-corrected chi connectivity index (χ1v) is 7.38. The Hall–Kier alpha value is -2.22. The minimum atomic E-state index is -1.13. The van der Waals surface area contributed by atoms with Crippen molar-refractivity contribution in [1.82, 2.24) is 30.1 Å². The number of β-amino-alcohol motifs (C(OH)–C–C–N with tert-alkyl or cyclic N) is 1. The summed E-state index contributed by atoms with van der Waals surface area (Å²) in [4.78, 5) is 14.2. The van der Waals surface area contributed by atoms with E-state index in [4.69, 9.17) is 0 Å². The second-order valence-corrected chi connectivity index (χ2v) is 6.21. The molecule has 8 nitrogen and oxygen atoms in total. The number of hydrogen-bond donors (Lipinski definition) is 2. The standard InChI is InChI=1S/C14H20N6O2/c1-10(2)7-20-8-11(5-16-20)13(21)19-4-3-14(22,9-19)12-6-15-18-17-12/h5-6,8,10,22H,3-4,7,9H2,1-2H3,(H,15,17,18). The summed E-state index contributed by atoms with van der Waals surface area (Å²) in [5.41, 5.74) is -0.111. The summed E-state index contributed by atoms with van der Waals surface area (Å²) in [6.45, 7) is 5.67. The third kappa shape index (κ3) is 2.74. The number of aromatic amines is 1. The van der Waals surface area contributed by atoms with Gasteiger partial charge in [-0.3, -0.25) is 9.48 Å². The molecule has 2 aromatic rings. The molecule has 1 unspecified atom stereocenters. The first kappa shape index (κ1) is 14.7. The number of amides is 1. The summed E-state index contributed by atoms with van der Waals surface area (Å²) in [5.74, 6) is 0.348. The van der Waals surface area contributed by atoms with Gasteiger partial charge in [-0.2, -0.15) is 20.5 Å². The van der Waals surface area contributed by atoms with Crippen LogP contribution in [0.4, 0.5) is 0 Å². The summed E-state index contributed by atoms with van der Waals surface area (Å²) >= 11 is 0. The van der Waals surface area contributed by atoms with Crippen LogP contribution in [-0.4, -0.2) is 54.2 Å². The monoisotopic (exact) mass is 304 g/mol. The fraction of sp³-hybridized carbons (Fsp3) is 0.571. The van der Waals surface area contributed by atoms with E-state index in [0.29, 0.717) is 30.1 Å². The molecule has 2 aromatic heterocycles. The molecule has 0 radical (unpaired) electrons. The van der Waals surface area contributed by atoms with E-state index in [1.807, 2.05) is 0 Å². The highest BCUT2D eigenvalue weighted by atomic mass is 16.3. The molecule has 1 aliphatic heterocycles. The van der Waals surface area contributed by atoms with Crippen molar-refractivity contribution in [3.63, 3.8) is 0 Å². The molecular weight excluding hydrogens is 284 g/mol. The normalized spacial score (nSPS) is 21.7. The van der Waals surface area contributed by atoms with Gasteiger partial charge in [0, 0.05) is 25.7 Å². The Morgan fingerprint density at radius 3 is 3.00 bits per heavy atom. The third-order valence-corrected chi connectivity index (χ3v) is 3.86. The first-order valence-electron chi connectivity index (χ1n) is 7.38. The number of aliphatic hydroxyl groups is 1. The van der Waals surface area contributed by atoms with Gasteiger partial charge < -0.3 is 10.0 Å². The number of nitrogens with zero attached hydrogens (tertiary/aromatic N) is 5. The van der Waals surface area contributed by atoms with E-state index in [0.717, 1.165) is 6.54 Å². The zero-order valence-corrected chi connectivity index (χ0v) is 12.7. The molecule has 1 aliphatic rings. The maximum Gasteiger partial charge on any atom is 0.257 e. The predicted molar refractivity (Wildman–Crippen MR) is 77.9 cm³/mol. The van der Waals surface area contributed by atoms with Crippen molar-refractivity contribution in [2.24, 2.45) is 5.92 Å². The molecule has 0 spiro atoms. The van der Waals surface area contributed by atoms with Crippen molar-refractivity contribution >= 4 is 5.91 Å². The lowest BCUT2D eigenvalue weighted by molar-refractivity contribution is 0.0382. The lowest BCUT2D eigenvalue weighted by Gasteiger charge is -2.20. The Morgan fingerprint density at radius 2 is 2.32 bits per heavy atom. The van der Waals surface area contributed by atoms with Crippen LogP contribution in [0.3, 0.4) is 0 Å². The van der Waals surface area contributed by atoms with Gasteiger partial charge in [0.1, 0.15) is 11.3 Å². The number of carbonyl (C=O) groups excluding carboxylic acids is 1. The van der Waals surface area contributed by atoms with E-state index in [1.165, 1.54) is 6.20 Å². The number of H-pyrrole nitrogens is 1. The number of hydrogen-bond acceptors (Lipinski definition) is 5. The van der Waals surface area contributed by atoms with Crippen molar-refractivity contribution in [3.05, 3.63) is 29.8 Å². The lowest BCUT2D eigenvalue weighted by atomic mass is 10.00. The van der Waals surface area contributed by atoms with Gasteiger partial charge in [0.15, 0.2) is 0 Å². The average Bonchev–Trinajstić information content (AvgIpc) is 3.17. The van der Waals surface area contributed by atoms with Crippen molar-refractivity contribution in [3.8, 4) is 0 Å². The van der Waals surface area contributed by atoms with Crippen LogP contribution in [0.5, 0.6) is 0 Å². The molecule has 3 rings (SSSR count). The molecule has 2 N–H and O–H groups in total. The van der Waals surface area contributed by atoms with Crippen LogP contribution in [0.15, 0.2) is 18.6 Å². The topological polar surface area (TPSA) is 99.9 Å². The average molecular weight is 304 g/mol. The smallest absolute Gasteiger partial charge is 0.257 e. The second-order valence-electron chi connectivity index (χ2n) is 6.21. The largest absolute Gasteiger partial charge is 0.381 e. The van der Waals surface area contributed by atoms with Crippen LogP contribution >= 0.6 is 0 Å². The van der Waals surface area contributed by atoms with Gasteiger partial charge in [0.25, 0.3) is 5.91 Å². The number of nitrogens with one attached hydrogen (secondary N) is 1. The fourth-order valence-corrected chi connectivity index (χ4v) is 2.73. The van der Waals surface area contributed by atoms with Crippen LogP contribution in [0.25, 0.3) is 0 Å². The Labute approximate surface area is 128 Å². The highest BCUT2D eigenvalue weighted by Crippen LogP contribution is 2.30. The minimum Gasteiger partial charge on any atom is -0.381 e. The van der Waals surface area contributed by atoms with E-state index < -0.39 is 5.60 Å². The highest BCUT2D eigenvalue weighted by molar-refractivity contribution is 5.94. The van der Waals surface area contributed by atoms with Crippen molar-refractivity contribution in [1.29, 1.82) is 0 Å². The maximum absolute atomic E-state index is 12.5. The maximum atomic E-state index is 12.5. The van der Waals surface area contributed by atoms with Crippen molar-refractivity contribution < 1.29 is 9.90 Å². The van der Waals surface area contributed by atoms with Crippen molar-refractivity contribution in [2.45, 2.75) is 32.4 Å². The van der Waals surface area contributed by atoms with Crippen LogP contribution in [0, 0.1) is 5.92 Å². The second kappa shape index (κ2) is 5.53. The molecule has 1 saturated heterocycles. The van der Waals surface area contributed by atoms with Gasteiger partial charge in [0.2, 0.25) is 0 Å². The first-order chi connectivity index (χ1) is 10.5. The van der Waals surface area contributed by atoms with Gasteiger partial charge in [0.05, 0.1) is 24.5 Å². The lowest BCUT2D eigenvalue weighted by Crippen LogP contribution is -2.34. The van der Waals surface area contributed by atoms with E-state index in [9.17, 15) is 9.90 Å². The Morgan fingerprint density at radius 1 is 1.50 bits per heavy atom. The van der Waals surface area contributed by atoms with Gasteiger partial charge in [-0.05, 0) is 5.92 Å². The van der Waals surface area contributed by atoms with Crippen LogP contribution in [0.2, 0.25) is 0 Å². The van der Waals surface area contributed by atoms with E-state index in [-0.39, 0.29) is 12.5 Å². The molecule has 0 bridgehead atoms. The molecule has 8 heteroatoms. The Kier molecular flexibility index (Phi) is 3.69. The van der Waals surface area contributed by atoms with Crippen LogP contribution in [-0.2, 0) is 12.1 Å². The molecule has 1 amide bonds. The Bertz CT molecular complexity index is 650. The molecule has 0 aliphatic carbocycles. The molecule has 0 aromatic carbocycles. The molecular formula is C14H20N6O2. The Balaban J connectivity index is 1.70. The summed E-state index contributed by atoms with van der Waals surface area (Å²) in [7, 11) is 0. The molecule has 0 saturated carbocycles. The highest BCUT2D eigenvalue weighted by Gasteiger charge is 2.41. The molecule has 22 heavy (non-hydrogen) atoms. The van der Waals surface area contributed by atoms with Gasteiger partial charge in [-0.1, -0.05) is 13.8 Å². The number of carbonyl (C=O) groups is 1. The van der Waals surface area contributed by atoms with Gasteiger partial charge >= 0.3 is 0 Å². The van der Waals surface area contributed by atoms with Crippen LogP contribution in [0.1, 0.15) is 36.3 Å². The summed E-state index contributed by atoms with van der Waals surface area (Å²) < 4.78 is 1.78. The molecule has 1 atom stereocenters. The van der Waals surface area contributed by atoms with Crippen molar-refractivity contribution in [2.75, 3.05) is 13.1 Å². The minimum absolute atomic E-state index is 0.116. The zero-order chi connectivity index (χ0) is 15.7. The quantitative estimate of drug-likeness (QED) is 0.851. The molecule has 1 fully saturated rings. The van der Waals surface area contributed by atoms with E-state index in [1.54, 1.807) is 22.0 Å². The fourth-order valence-electron chi connectivity index (χ4n) is 2.73. The molecule has 3 heterocycles. The molecule has 118 valence electrons. The van der Waals surface area contributed by atoms with E-state index in [2.05, 4.69) is 34.4 Å².